The molecule has 0 saturated carbocycles. The molecule has 4 aromatic rings. The van der Waals surface area contributed by atoms with E-state index in [4.69, 9.17) is 4.74 Å². The van der Waals surface area contributed by atoms with Crippen molar-refractivity contribution in [2.45, 2.75) is 39.8 Å². The van der Waals surface area contributed by atoms with Crippen molar-refractivity contribution in [1.29, 1.82) is 0 Å². The monoisotopic (exact) mass is 438 g/mol. The summed E-state index contributed by atoms with van der Waals surface area (Å²) in [4.78, 5) is 13.3. The maximum absolute atomic E-state index is 13.3. The fraction of sp³-hybridized carbons (Fsp3) is 0.207. The third kappa shape index (κ3) is 4.85. The molecule has 168 valence electrons. The van der Waals surface area contributed by atoms with Gasteiger partial charge in [0, 0.05) is 23.1 Å². The number of ether oxygens (including phenoxy) is 1. The Hall–Kier alpha value is -3.79. The lowest BCUT2D eigenvalue weighted by atomic mass is 10.0. The van der Waals surface area contributed by atoms with Crippen molar-refractivity contribution >= 4 is 22.5 Å². The first kappa shape index (κ1) is 22.4. The Morgan fingerprint density at radius 3 is 2.45 bits per heavy atom. The third-order valence-corrected chi connectivity index (χ3v) is 5.89. The van der Waals surface area contributed by atoms with Crippen LogP contribution in [0.1, 0.15) is 46.9 Å². The Balaban J connectivity index is 1.55. The molecule has 0 spiro atoms. The molecule has 4 rings (SSSR count). The van der Waals surface area contributed by atoms with E-state index in [0.717, 1.165) is 33.5 Å². The van der Waals surface area contributed by atoms with E-state index in [-0.39, 0.29) is 5.91 Å². The molecule has 1 amide bonds. The van der Waals surface area contributed by atoms with Gasteiger partial charge in [-0.15, -0.1) is 6.58 Å². The van der Waals surface area contributed by atoms with Crippen LogP contribution >= 0.6 is 0 Å². The molecule has 0 saturated heterocycles. The molecule has 1 heterocycles. The molecule has 33 heavy (non-hydrogen) atoms. The van der Waals surface area contributed by atoms with E-state index in [9.17, 15) is 4.79 Å². The molecule has 0 aliphatic carbocycles. The van der Waals surface area contributed by atoms with E-state index in [1.165, 1.54) is 5.56 Å². The number of anilines is 1. The quantitative estimate of drug-likeness (QED) is 0.298. The Morgan fingerprint density at radius 1 is 1.06 bits per heavy atom. The number of amides is 1. The van der Waals surface area contributed by atoms with Crippen molar-refractivity contribution in [3.05, 3.63) is 108 Å². The molecule has 3 aromatic carbocycles. The molecule has 0 atom stereocenters. The fourth-order valence-electron chi connectivity index (χ4n) is 4.08. The molecule has 4 nitrogen and oxygen atoms in total. The van der Waals surface area contributed by atoms with Crippen molar-refractivity contribution in [2.75, 3.05) is 5.32 Å². The molecule has 4 heteroatoms. The first-order valence-electron chi connectivity index (χ1n) is 11.3. The Bertz CT molecular complexity index is 1270. The number of aromatic nitrogens is 1. The van der Waals surface area contributed by atoms with Crippen LogP contribution in [0.5, 0.6) is 5.75 Å². The van der Waals surface area contributed by atoms with Gasteiger partial charge in [-0.1, -0.05) is 56.3 Å². The highest BCUT2D eigenvalue weighted by Crippen LogP contribution is 2.30. The number of rotatable bonds is 8. The highest BCUT2D eigenvalue weighted by Gasteiger charge is 2.20. The molecule has 0 aliphatic heterocycles. The van der Waals surface area contributed by atoms with E-state index in [0.29, 0.717) is 24.8 Å². The van der Waals surface area contributed by atoms with Crippen LogP contribution in [0.4, 0.5) is 5.69 Å². The molecular formula is C29H30N2O2. The molecule has 0 unspecified atom stereocenters. The predicted molar refractivity (Wildman–Crippen MR) is 136 cm³/mol. The zero-order valence-corrected chi connectivity index (χ0v) is 19.5. The van der Waals surface area contributed by atoms with Gasteiger partial charge < -0.3 is 14.6 Å². The third-order valence-electron chi connectivity index (χ3n) is 5.89. The minimum Gasteiger partial charge on any atom is -0.489 e. The average Bonchev–Trinajstić information content (AvgIpc) is 3.10. The maximum atomic E-state index is 13.3. The SMILES string of the molecule is C=CCn1c(C(=O)Nc2ccc(OCc3ccccc3)cc2)c(C)c2cc(C(C)C)ccc21. The standard InChI is InChI=1S/C29H30N2O2/c1-5-17-31-27-16-11-23(20(2)3)18-26(27)21(4)28(31)29(32)30-24-12-14-25(15-13-24)33-19-22-9-7-6-8-10-22/h5-16,18,20H,1,17,19H2,2-4H3,(H,30,32). The fourth-order valence-corrected chi connectivity index (χ4v) is 4.08. The number of carbonyl (C=O) groups excluding carboxylic acids is 1. The van der Waals surface area contributed by atoms with E-state index < -0.39 is 0 Å². The zero-order chi connectivity index (χ0) is 23.4. The summed E-state index contributed by atoms with van der Waals surface area (Å²) in [6.07, 6.45) is 1.82. The van der Waals surface area contributed by atoms with Crippen LogP contribution in [-0.2, 0) is 13.2 Å². The summed E-state index contributed by atoms with van der Waals surface area (Å²) in [5.74, 6) is 1.06. The van der Waals surface area contributed by atoms with Gasteiger partial charge >= 0.3 is 0 Å². The summed E-state index contributed by atoms with van der Waals surface area (Å²) >= 11 is 0. The Morgan fingerprint density at radius 2 is 1.79 bits per heavy atom. The number of benzene rings is 3. The largest absolute Gasteiger partial charge is 0.489 e. The minimum absolute atomic E-state index is 0.130. The number of nitrogens with one attached hydrogen (secondary N) is 1. The van der Waals surface area contributed by atoms with Crippen LogP contribution in [0.25, 0.3) is 10.9 Å². The number of carbonyl (C=O) groups is 1. The molecule has 0 radical (unpaired) electrons. The van der Waals surface area contributed by atoms with Crippen LogP contribution in [0.2, 0.25) is 0 Å². The normalized spacial score (nSPS) is 11.0. The van der Waals surface area contributed by atoms with Gasteiger partial charge in [-0.25, -0.2) is 0 Å². The van der Waals surface area contributed by atoms with E-state index in [1.807, 2.05) is 72.2 Å². The van der Waals surface area contributed by atoms with Gasteiger partial charge in [0.25, 0.3) is 5.91 Å². The van der Waals surface area contributed by atoms with Crippen molar-refractivity contribution in [2.24, 2.45) is 0 Å². The van der Waals surface area contributed by atoms with Gasteiger partial charge in [0.1, 0.15) is 18.1 Å². The molecule has 0 fully saturated rings. The molecule has 0 bridgehead atoms. The number of allylic oxidation sites excluding steroid dienone is 1. The summed E-state index contributed by atoms with van der Waals surface area (Å²) < 4.78 is 7.89. The van der Waals surface area contributed by atoms with Gasteiger partial charge in [0.05, 0.1) is 0 Å². The summed E-state index contributed by atoms with van der Waals surface area (Å²) in [5, 5.41) is 4.16. The lowest BCUT2D eigenvalue weighted by Gasteiger charge is -2.11. The number of hydrogen-bond acceptors (Lipinski definition) is 2. The first-order chi connectivity index (χ1) is 16.0. The van der Waals surface area contributed by atoms with E-state index >= 15 is 0 Å². The van der Waals surface area contributed by atoms with Gasteiger partial charge in [-0.3, -0.25) is 4.79 Å². The second-order valence-corrected chi connectivity index (χ2v) is 8.56. The van der Waals surface area contributed by atoms with Crippen molar-refractivity contribution in [3.8, 4) is 5.75 Å². The van der Waals surface area contributed by atoms with E-state index in [1.54, 1.807) is 0 Å². The second kappa shape index (κ2) is 9.78. The Kier molecular flexibility index (Phi) is 6.64. The highest BCUT2D eigenvalue weighted by atomic mass is 16.5. The van der Waals surface area contributed by atoms with Crippen LogP contribution in [-0.4, -0.2) is 10.5 Å². The topological polar surface area (TPSA) is 43.3 Å². The average molecular weight is 439 g/mol. The maximum Gasteiger partial charge on any atom is 0.272 e. The number of fused-ring (bicyclic) bond motifs is 1. The van der Waals surface area contributed by atoms with Crippen LogP contribution in [0, 0.1) is 6.92 Å². The number of aryl methyl sites for hydroxylation is 1. The predicted octanol–water partition coefficient (Wildman–Crippen LogP) is 7.09. The lowest BCUT2D eigenvalue weighted by molar-refractivity contribution is 0.101. The minimum atomic E-state index is -0.130. The smallest absolute Gasteiger partial charge is 0.272 e. The summed E-state index contributed by atoms with van der Waals surface area (Å²) in [6.45, 7) is 11.3. The molecule has 0 aliphatic rings. The Labute approximate surface area is 195 Å². The highest BCUT2D eigenvalue weighted by molar-refractivity contribution is 6.08. The van der Waals surface area contributed by atoms with Crippen LogP contribution in [0.15, 0.2) is 85.5 Å². The lowest BCUT2D eigenvalue weighted by Crippen LogP contribution is -2.18. The first-order valence-corrected chi connectivity index (χ1v) is 11.3. The van der Waals surface area contributed by atoms with Gasteiger partial charge in [-0.05, 0) is 65.9 Å². The van der Waals surface area contributed by atoms with Crippen molar-refractivity contribution < 1.29 is 9.53 Å². The summed E-state index contributed by atoms with van der Waals surface area (Å²) in [7, 11) is 0. The van der Waals surface area contributed by atoms with Crippen molar-refractivity contribution in [1.82, 2.24) is 4.57 Å². The van der Waals surface area contributed by atoms with Gasteiger partial charge in [0.15, 0.2) is 0 Å². The number of nitrogens with zero attached hydrogens (tertiary/aromatic N) is 1. The second-order valence-electron chi connectivity index (χ2n) is 8.56. The summed E-state index contributed by atoms with van der Waals surface area (Å²) in [5.41, 5.74) is 5.79. The van der Waals surface area contributed by atoms with Crippen molar-refractivity contribution in [3.63, 3.8) is 0 Å². The molecular weight excluding hydrogens is 408 g/mol. The van der Waals surface area contributed by atoms with Gasteiger partial charge in [0.2, 0.25) is 0 Å². The van der Waals surface area contributed by atoms with E-state index in [2.05, 4.69) is 43.9 Å². The zero-order valence-electron chi connectivity index (χ0n) is 19.5. The van der Waals surface area contributed by atoms with Crippen LogP contribution in [0.3, 0.4) is 0 Å². The van der Waals surface area contributed by atoms with Gasteiger partial charge in [-0.2, -0.15) is 0 Å². The number of hydrogen-bond donors (Lipinski definition) is 1. The summed E-state index contributed by atoms with van der Waals surface area (Å²) in [6, 6.07) is 24.0. The molecule has 1 N–H and O–H groups in total. The van der Waals surface area contributed by atoms with Crippen LogP contribution < -0.4 is 10.1 Å². The molecule has 1 aromatic heterocycles.